The molecule has 0 fully saturated rings. The molecule has 3 aromatic rings. The molecular weight excluding hydrogens is 388 g/mol. The minimum Gasteiger partial charge on any atom is -0.383 e. The molecule has 0 atom stereocenters. The third-order valence-corrected chi connectivity index (χ3v) is 5.43. The van der Waals surface area contributed by atoms with Gasteiger partial charge in [0.05, 0.1) is 16.9 Å². The van der Waals surface area contributed by atoms with Crippen molar-refractivity contribution in [3.63, 3.8) is 0 Å². The summed E-state index contributed by atoms with van der Waals surface area (Å²) < 4.78 is 7.70. The largest absolute Gasteiger partial charge is 0.383 e. The number of hydrogen-bond donors (Lipinski definition) is 2. The van der Waals surface area contributed by atoms with Crippen LogP contribution in [0.15, 0.2) is 30.5 Å². The second-order valence-corrected chi connectivity index (χ2v) is 8.82. The van der Waals surface area contributed by atoms with Crippen LogP contribution in [0.4, 0.5) is 5.13 Å². The van der Waals surface area contributed by atoms with Crippen molar-refractivity contribution in [2.24, 2.45) is 0 Å². The molecule has 0 bridgehead atoms. The van der Waals surface area contributed by atoms with E-state index in [1.54, 1.807) is 19.2 Å². The molecule has 0 aliphatic heterocycles. The summed E-state index contributed by atoms with van der Waals surface area (Å²) in [4.78, 5) is 29.8. The van der Waals surface area contributed by atoms with Crippen LogP contribution in [0, 0.1) is 6.92 Å². The van der Waals surface area contributed by atoms with Gasteiger partial charge in [0, 0.05) is 31.0 Å². The highest BCUT2D eigenvalue weighted by molar-refractivity contribution is 7.22. The quantitative estimate of drug-likeness (QED) is 0.601. The number of aromatic nitrogens is 2. The predicted octanol–water partition coefficient (Wildman–Crippen LogP) is 3.79. The molecule has 2 N–H and O–H groups in total. The summed E-state index contributed by atoms with van der Waals surface area (Å²) in [6.45, 7) is 8.97. The van der Waals surface area contributed by atoms with Crippen LogP contribution in [0.5, 0.6) is 0 Å². The molecule has 29 heavy (non-hydrogen) atoms. The Morgan fingerprint density at radius 2 is 1.86 bits per heavy atom. The van der Waals surface area contributed by atoms with Gasteiger partial charge in [-0.05, 0) is 39.8 Å². The van der Waals surface area contributed by atoms with Crippen LogP contribution in [0.3, 0.4) is 0 Å². The Hall–Kier alpha value is -2.71. The van der Waals surface area contributed by atoms with Crippen molar-refractivity contribution in [2.45, 2.75) is 33.2 Å². The summed E-state index contributed by atoms with van der Waals surface area (Å²) in [5.41, 5.74) is 2.60. The molecule has 0 spiro atoms. The van der Waals surface area contributed by atoms with Gasteiger partial charge in [-0.3, -0.25) is 14.9 Å². The first-order chi connectivity index (χ1) is 13.7. The van der Waals surface area contributed by atoms with E-state index in [2.05, 4.69) is 15.6 Å². The number of nitrogens with zero attached hydrogens (tertiary/aromatic N) is 2. The summed E-state index contributed by atoms with van der Waals surface area (Å²) in [5, 5.41) is 6.17. The monoisotopic (exact) mass is 414 g/mol. The van der Waals surface area contributed by atoms with Crippen molar-refractivity contribution in [1.82, 2.24) is 14.9 Å². The second-order valence-electron chi connectivity index (χ2n) is 7.82. The zero-order valence-electron chi connectivity index (χ0n) is 17.3. The molecular formula is C21H26N4O3S. The van der Waals surface area contributed by atoms with E-state index >= 15 is 0 Å². The van der Waals surface area contributed by atoms with Crippen LogP contribution in [-0.4, -0.2) is 41.6 Å². The van der Waals surface area contributed by atoms with Crippen LogP contribution in [0.25, 0.3) is 10.3 Å². The molecule has 2 amide bonds. The van der Waals surface area contributed by atoms with E-state index in [4.69, 9.17) is 4.74 Å². The molecule has 7 nitrogen and oxygen atoms in total. The van der Waals surface area contributed by atoms with Crippen molar-refractivity contribution < 1.29 is 14.3 Å². The highest BCUT2D eigenvalue weighted by Gasteiger charge is 2.25. The van der Waals surface area contributed by atoms with E-state index in [1.807, 2.05) is 50.6 Å². The molecule has 1 aromatic carbocycles. The molecule has 2 aromatic heterocycles. The van der Waals surface area contributed by atoms with Crippen molar-refractivity contribution in [1.29, 1.82) is 0 Å². The van der Waals surface area contributed by atoms with Crippen LogP contribution in [0.2, 0.25) is 0 Å². The Kier molecular flexibility index (Phi) is 6.04. The van der Waals surface area contributed by atoms with Crippen molar-refractivity contribution in [3.05, 3.63) is 47.2 Å². The Morgan fingerprint density at radius 1 is 1.17 bits per heavy atom. The normalized spacial score (nSPS) is 11.6. The number of amides is 2. The third-order valence-electron chi connectivity index (χ3n) is 4.43. The maximum Gasteiger partial charge on any atom is 0.257 e. The van der Waals surface area contributed by atoms with Gasteiger partial charge in [0.25, 0.3) is 11.8 Å². The van der Waals surface area contributed by atoms with E-state index in [-0.39, 0.29) is 17.4 Å². The van der Waals surface area contributed by atoms with Gasteiger partial charge in [-0.2, -0.15) is 0 Å². The number of ether oxygens (including phenoxy) is 1. The number of anilines is 1. The fraction of sp³-hybridized carbons (Fsp3) is 0.381. The van der Waals surface area contributed by atoms with Crippen LogP contribution < -0.4 is 10.6 Å². The lowest BCUT2D eigenvalue weighted by Gasteiger charge is -2.21. The number of methoxy groups -OCH3 is 1. The maximum atomic E-state index is 12.7. The van der Waals surface area contributed by atoms with Gasteiger partial charge in [-0.15, -0.1) is 0 Å². The first kappa shape index (κ1) is 21.0. The number of aryl methyl sites for hydroxylation is 1. The van der Waals surface area contributed by atoms with Gasteiger partial charge in [0.2, 0.25) is 0 Å². The fourth-order valence-corrected chi connectivity index (χ4v) is 3.82. The van der Waals surface area contributed by atoms with Gasteiger partial charge < -0.3 is 14.6 Å². The average Bonchev–Trinajstić information content (AvgIpc) is 3.20. The molecule has 8 heteroatoms. The molecule has 0 aliphatic carbocycles. The lowest BCUT2D eigenvalue weighted by atomic mass is 10.1. The van der Waals surface area contributed by atoms with Gasteiger partial charge >= 0.3 is 0 Å². The number of hydrogen-bond acceptors (Lipinski definition) is 5. The second kappa shape index (κ2) is 8.34. The topological polar surface area (TPSA) is 85.2 Å². The number of fused-ring (bicyclic) bond motifs is 1. The Balaban J connectivity index is 1.93. The molecule has 0 unspecified atom stereocenters. The minimum atomic E-state index is -0.268. The number of thiazole rings is 1. The van der Waals surface area contributed by atoms with Gasteiger partial charge in [-0.1, -0.05) is 29.0 Å². The van der Waals surface area contributed by atoms with E-state index in [9.17, 15) is 9.59 Å². The van der Waals surface area contributed by atoms with Crippen molar-refractivity contribution >= 4 is 38.6 Å². The van der Waals surface area contributed by atoms with E-state index in [1.165, 1.54) is 11.3 Å². The summed E-state index contributed by atoms with van der Waals surface area (Å²) in [7, 11) is 1.59. The minimum absolute atomic E-state index is 0.185. The van der Waals surface area contributed by atoms with Gasteiger partial charge in [0.1, 0.15) is 0 Å². The molecule has 0 saturated carbocycles. The Labute approximate surface area is 174 Å². The van der Waals surface area contributed by atoms with Crippen molar-refractivity contribution in [2.75, 3.05) is 25.6 Å². The standard InChI is InChI=1S/C21H26N4O3S/c1-13-6-8-14(9-7-13)18(26)24-20-23-17-16(29-20)15(12-25(17)21(2,3)4)19(27)22-10-11-28-5/h6-9,12H,10-11H2,1-5H3,(H,22,27)(H,23,24,26). The summed E-state index contributed by atoms with van der Waals surface area (Å²) >= 11 is 1.30. The maximum absolute atomic E-state index is 12.7. The lowest BCUT2D eigenvalue weighted by Crippen LogP contribution is -2.27. The zero-order valence-corrected chi connectivity index (χ0v) is 18.1. The van der Waals surface area contributed by atoms with Gasteiger partial charge in [0.15, 0.2) is 10.8 Å². The SMILES string of the molecule is COCCNC(=O)c1cn(C(C)(C)C)c2nc(NC(=O)c3ccc(C)cc3)sc12. The van der Waals surface area contributed by atoms with Crippen LogP contribution in [-0.2, 0) is 10.3 Å². The van der Waals surface area contributed by atoms with Crippen LogP contribution >= 0.6 is 11.3 Å². The molecule has 2 heterocycles. The average molecular weight is 415 g/mol. The summed E-state index contributed by atoms with van der Waals surface area (Å²) in [5.74, 6) is -0.412. The highest BCUT2D eigenvalue weighted by Crippen LogP contribution is 2.34. The Morgan fingerprint density at radius 3 is 2.48 bits per heavy atom. The first-order valence-corrected chi connectivity index (χ1v) is 10.2. The number of nitrogens with one attached hydrogen (secondary N) is 2. The number of carbonyl (C=O) groups excluding carboxylic acids is 2. The van der Waals surface area contributed by atoms with E-state index in [0.717, 1.165) is 10.3 Å². The fourth-order valence-electron chi connectivity index (χ4n) is 2.86. The molecule has 0 radical (unpaired) electrons. The van der Waals surface area contributed by atoms with Crippen LogP contribution in [0.1, 0.15) is 47.1 Å². The van der Waals surface area contributed by atoms with E-state index in [0.29, 0.717) is 35.1 Å². The Bertz CT molecular complexity index is 1030. The molecule has 0 aliphatic rings. The van der Waals surface area contributed by atoms with Gasteiger partial charge in [-0.25, -0.2) is 4.98 Å². The third kappa shape index (κ3) is 4.65. The smallest absolute Gasteiger partial charge is 0.257 e. The first-order valence-electron chi connectivity index (χ1n) is 9.38. The molecule has 3 rings (SSSR count). The summed E-state index contributed by atoms with van der Waals surface area (Å²) in [6.07, 6.45) is 1.82. The van der Waals surface area contributed by atoms with Crippen molar-refractivity contribution in [3.8, 4) is 0 Å². The number of rotatable bonds is 6. The predicted molar refractivity (Wildman–Crippen MR) is 116 cm³/mol. The zero-order chi connectivity index (χ0) is 21.2. The number of carbonyl (C=O) groups is 2. The summed E-state index contributed by atoms with van der Waals surface area (Å²) in [6, 6.07) is 7.34. The van der Waals surface area contributed by atoms with E-state index < -0.39 is 0 Å². The number of benzene rings is 1. The lowest BCUT2D eigenvalue weighted by molar-refractivity contribution is 0.0938. The highest BCUT2D eigenvalue weighted by atomic mass is 32.1. The molecule has 154 valence electrons. The molecule has 0 saturated heterocycles.